The summed E-state index contributed by atoms with van der Waals surface area (Å²) >= 11 is 2.04. The molecule has 1 fully saturated rings. The third-order valence-corrected chi connectivity index (χ3v) is 4.08. The standard InChI is InChI=1S/C14H21NOS/c1-15-8-5-12-3-2-4-14(11-12)16-13-6-9-17-10-7-13/h2-4,11,13,15H,5-10H2,1H3. The van der Waals surface area contributed by atoms with Gasteiger partial charge in [0.1, 0.15) is 11.9 Å². The first-order valence-electron chi connectivity index (χ1n) is 6.36. The summed E-state index contributed by atoms with van der Waals surface area (Å²) in [6.45, 7) is 1.02. The number of benzene rings is 1. The fraction of sp³-hybridized carbons (Fsp3) is 0.571. The highest BCUT2D eigenvalue weighted by Crippen LogP contribution is 2.23. The van der Waals surface area contributed by atoms with Gasteiger partial charge in [-0.1, -0.05) is 12.1 Å². The average Bonchev–Trinajstić information content (AvgIpc) is 2.38. The molecule has 1 saturated heterocycles. The number of hydrogen-bond acceptors (Lipinski definition) is 3. The molecule has 1 aromatic rings. The topological polar surface area (TPSA) is 21.3 Å². The summed E-state index contributed by atoms with van der Waals surface area (Å²) in [5.74, 6) is 3.52. The molecule has 0 bridgehead atoms. The molecule has 1 heterocycles. The van der Waals surface area contributed by atoms with Crippen molar-refractivity contribution in [3.05, 3.63) is 29.8 Å². The highest BCUT2D eigenvalue weighted by Gasteiger charge is 2.14. The molecule has 94 valence electrons. The Hall–Kier alpha value is -0.670. The van der Waals surface area contributed by atoms with Gasteiger partial charge in [0.2, 0.25) is 0 Å². The number of ether oxygens (including phenoxy) is 1. The molecule has 1 N–H and O–H groups in total. The van der Waals surface area contributed by atoms with Crippen molar-refractivity contribution in [2.45, 2.75) is 25.4 Å². The molecule has 3 heteroatoms. The van der Waals surface area contributed by atoms with E-state index in [9.17, 15) is 0 Å². The van der Waals surface area contributed by atoms with E-state index in [1.54, 1.807) is 0 Å². The maximum atomic E-state index is 6.04. The van der Waals surface area contributed by atoms with Crippen LogP contribution in [0.5, 0.6) is 5.75 Å². The Morgan fingerprint density at radius 1 is 1.35 bits per heavy atom. The Morgan fingerprint density at radius 3 is 2.94 bits per heavy atom. The lowest BCUT2D eigenvalue weighted by molar-refractivity contribution is 0.192. The molecule has 0 atom stereocenters. The highest BCUT2D eigenvalue weighted by atomic mass is 32.2. The maximum Gasteiger partial charge on any atom is 0.119 e. The van der Waals surface area contributed by atoms with Gasteiger partial charge in [-0.3, -0.25) is 0 Å². The van der Waals surface area contributed by atoms with Crippen molar-refractivity contribution in [2.24, 2.45) is 0 Å². The van der Waals surface area contributed by atoms with Crippen molar-refractivity contribution in [1.82, 2.24) is 5.32 Å². The fourth-order valence-corrected chi connectivity index (χ4v) is 3.09. The zero-order valence-corrected chi connectivity index (χ0v) is 11.3. The minimum atomic E-state index is 0.427. The van der Waals surface area contributed by atoms with Crippen LogP contribution in [0.25, 0.3) is 0 Å². The first-order valence-corrected chi connectivity index (χ1v) is 7.52. The summed E-state index contributed by atoms with van der Waals surface area (Å²) in [5, 5.41) is 3.17. The van der Waals surface area contributed by atoms with E-state index in [4.69, 9.17) is 4.74 Å². The molecular weight excluding hydrogens is 230 g/mol. The van der Waals surface area contributed by atoms with Crippen LogP contribution < -0.4 is 10.1 Å². The second-order valence-electron chi connectivity index (χ2n) is 4.43. The molecule has 1 aromatic carbocycles. The quantitative estimate of drug-likeness (QED) is 0.869. The molecule has 0 saturated carbocycles. The second kappa shape index (κ2) is 6.92. The van der Waals surface area contributed by atoms with Gasteiger partial charge in [-0.2, -0.15) is 11.8 Å². The third kappa shape index (κ3) is 4.25. The molecule has 17 heavy (non-hydrogen) atoms. The predicted molar refractivity (Wildman–Crippen MR) is 75.0 cm³/mol. The first kappa shape index (κ1) is 12.8. The molecule has 2 nitrogen and oxygen atoms in total. The SMILES string of the molecule is CNCCc1cccc(OC2CCSCC2)c1. The summed E-state index contributed by atoms with van der Waals surface area (Å²) in [4.78, 5) is 0. The van der Waals surface area contributed by atoms with Gasteiger partial charge in [-0.25, -0.2) is 0 Å². The Balaban J connectivity index is 1.90. The Labute approximate surface area is 108 Å². The van der Waals surface area contributed by atoms with E-state index in [0.29, 0.717) is 6.10 Å². The van der Waals surface area contributed by atoms with Crippen molar-refractivity contribution >= 4 is 11.8 Å². The van der Waals surface area contributed by atoms with E-state index >= 15 is 0 Å². The minimum Gasteiger partial charge on any atom is -0.490 e. The van der Waals surface area contributed by atoms with Crippen LogP contribution in [0.1, 0.15) is 18.4 Å². The van der Waals surface area contributed by atoms with Crippen molar-refractivity contribution < 1.29 is 4.74 Å². The summed E-state index contributed by atoms with van der Waals surface area (Å²) in [6.07, 6.45) is 3.86. The van der Waals surface area contributed by atoms with Crippen molar-refractivity contribution in [2.75, 3.05) is 25.1 Å². The van der Waals surface area contributed by atoms with Crippen LogP contribution in [-0.4, -0.2) is 31.2 Å². The number of thioether (sulfide) groups is 1. The summed E-state index contributed by atoms with van der Waals surface area (Å²) in [7, 11) is 1.99. The average molecular weight is 251 g/mol. The van der Waals surface area contributed by atoms with Crippen LogP contribution in [0.4, 0.5) is 0 Å². The van der Waals surface area contributed by atoms with E-state index in [0.717, 1.165) is 18.7 Å². The van der Waals surface area contributed by atoms with Crippen molar-refractivity contribution in [1.29, 1.82) is 0 Å². The van der Waals surface area contributed by atoms with E-state index in [1.807, 2.05) is 18.8 Å². The second-order valence-corrected chi connectivity index (χ2v) is 5.66. The monoisotopic (exact) mass is 251 g/mol. The lowest BCUT2D eigenvalue weighted by Crippen LogP contribution is -2.22. The van der Waals surface area contributed by atoms with E-state index < -0.39 is 0 Å². The Morgan fingerprint density at radius 2 is 2.18 bits per heavy atom. The van der Waals surface area contributed by atoms with Gasteiger partial charge in [0, 0.05) is 0 Å². The number of nitrogens with one attached hydrogen (secondary N) is 1. The smallest absolute Gasteiger partial charge is 0.119 e. The van der Waals surface area contributed by atoms with E-state index in [1.165, 1.54) is 29.9 Å². The first-order chi connectivity index (χ1) is 8.38. The van der Waals surface area contributed by atoms with Crippen LogP contribution in [-0.2, 0) is 6.42 Å². The summed E-state index contributed by atoms with van der Waals surface area (Å²) in [6, 6.07) is 8.52. The molecule has 0 radical (unpaired) electrons. The molecule has 1 aliphatic rings. The third-order valence-electron chi connectivity index (χ3n) is 3.03. The van der Waals surface area contributed by atoms with Gasteiger partial charge in [-0.05, 0) is 62.1 Å². The zero-order chi connectivity index (χ0) is 11.9. The molecule has 0 spiro atoms. The molecule has 2 rings (SSSR count). The van der Waals surface area contributed by atoms with Crippen LogP contribution in [0.15, 0.2) is 24.3 Å². The predicted octanol–water partition coefficient (Wildman–Crippen LogP) is 2.72. The molecule has 1 aliphatic heterocycles. The van der Waals surface area contributed by atoms with Gasteiger partial charge in [0.05, 0.1) is 0 Å². The molecule has 0 amide bonds. The van der Waals surface area contributed by atoms with Gasteiger partial charge >= 0.3 is 0 Å². The van der Waals surface area contributed by atoms with Crippen molar-refractivity contribution in [3.63, 3.8) is 0 Å². The van der Waals surface area contributed by atoms with Gasteiger partial charge in [0.25, 0.3) is 0 Å². The van der Waals surface area contributed by atoms with Gasteiger partial charge in [0.15, 0.2) is 0 Å². The molecule has 0 aromatic heterocycles. The molecule has 0 unspecified atom stereocenters. The van der Waals surface area contributed by atoms with Crippen LogP contribution in [0.2, 0.25) is 0 Å². The normalized spacial score (nSPS) is 17.0. The molecular formula is C14H21NOS. The lowest BCUT2D eigenvalue weighted by Gasteiger charge is -2.23. The highest BCUT2D eigenvalue weighted by molar-refractivity contribution is 7.99. The largest absolute Gasteiger partial charge is 0.490 e. The Bertz CT molecular complexity index is 337. The Kier molecular flexibility index (Phi) is 5.20. The lowest BCUT2D eigenvalue weighted by atomic mass is 10.1. The van der Waals surface area contributed by atoms with E-state index in [-0.39, 0.29) is 0 Å². The summed E-state index contributed by atoms with van der Waals surface area (Å²) in [5.41, 5.74) is 1.35. The van der Waals surface area contributed by atoms with Crippen LogP contribution in [0, 0.1) is 0 Å². The van der Waals surface area contributed by atoms with Gasteiger partial charge < -0.3 is 10.1 Å². The maximum absolute atomic E-state index is 6.04. The van der Waals surface area contributed by atoms with Crippen LogP contribution >= 0.6 is 11.8 Å². The fourth-order valence-electron chi connectivity index (χ4n) is 2.03. The van der Waals surface area contributed by atoms with Crippen LogP contribution in [0.3, 0.4) is 0 Å². The number of hydrogen-bond donors (Lipinski definition) is 1. The molecule has 0 aliphatic carbocycles. The number of likely N-dealkylation sites (N-methyl/N-ethyl adjacent to an activating group) is 1. The number of rotatable bonds is 5. The van der Waals surface area contributed by atoms with Gasteiger partial charge in [-0.15, -0.1) is 0 Å². The minimum absolute atomic E-state index is 0.427. The van der Waals surface area contributed by atoms with E-state index in [2.05, 4.69) is 29.6 Å². The summed E-state index contributed by atoms with van der Waals surface area (Å²) < 4.78 is 6.04. The zero-order valence-electron chi connectivity index (χ0n) is 10.4. The van der Waals surface area contributed by atoms with Crippen molar-refractivity contribution in [3.8, 4) is 5.75 Å².